The van der Waals surface area contributed by atoms with Gasteiger partial charge in [-0.05, 0) is 31.5 Å². The van der Waals surface area contributed by atoms with E-state index in [1.807, 2.05) is 18.9 Å². The highest BCUT2D eigenvalue weighted by molar-refractivity contribution is 6.02. The molecule has 1 aromatic carbocycles. The first-order valence-corrected chi connectivity index (χ1v) is 6.16. The maximum absolute atomic E-state index is 13.3. The van der Waals surface area contributed by atoms with Gasteiger partial charge in [-0.15, -0.1) is 0 Å². The number of nitrogens with zero attached hydrogens (tertiary/aromatic N) is 2. The minimum atomic E-state index is -0.422. The normalized spacial score (nSPS) is 23.6. The molecule has 6 heteroatoms. The Bertz CT molecular complexity index is 493. The van der Waals surface area contributed by atoms with Crippen molar-refractivity contribution in [2.24, 2.45) is 10.9 Å². The van der Waals surface area contributed by atoms with Crippen molar-refractivity contribution in [1.82, 2.24) is 0 Å². The van der Waals surface area contributed by atoms with Crippen LogP contribution < -0.4 is 10.6 Å². The highest BCUT2D eigenvalue weighted by Gasteiger charge is 2.29. The van der Waals surface area contributed by atoms with Crippen molar-refractivity contribution in [3.63, 3.8) is 0 Å². The molecule has 3 N–H and O–H groups in total. The molecule has 2 atom stereocenters. The first kappa shape index (κ1) is 13.6. The summed E-state index contributed by atoms with van der Waals surface area (Å²) in [7, 11) is 1.90. The van der Waals surface area contributed by atoms with E-state index in [-0.39, 0.29) is 18.0 Å². The zero-order chi connectivity index (χ0) is 14.0. The van der Waals surface area contributed by atoms with E-state index < -0.39 is 5.82 Å². The zero-order valence-corrected chi connectivity index (χ0v) is 11.0. The quantitative estimate of drug-likeness (QED) is 0.377. The van der Waals surface area contributed by atoms with Gasteiger partial charge in [0.1, 0.15) is 5.82 Å². The summed E-state index contributed by atoms with van der Waals surface area (Å²) >= 11 is 0. The number of hydrogen-bond donors (Lipinski definition) is 2. The van der Waals surface area contributed by atoms with E-state index in [0.29, 0.717) is 12.2 Å². The van der Waals surface area contributed by atoms with E-state index in [1.165, 1.54) is 12.1 Å². The van der Waals surface area contributed by atoms with Crippen molar-refractivity contribution < 1.29 is 14.3 Å². The van der Waals surface area contributed by atoms with Gasteiger partial charge >= 0.3 is 0 Å². The number of likely N-dealkylation sites (N-methyl/N-ethyl adjacent to an activating group) is 1. The van der Waals surface area contributed by atoms with Crippen molar-refractivity contribution in [3.8, 4) is 0 Å². The van der Waals surface area contributed by atoms with E-state index >= 15 is 0 Å². The third kappa shape index (κ3) is 2.63. The van der Waals surface area contributed by atoms with Gasteiger partial charge in [0.05, 0.1) is 12.1 Å². The first-order chi connectivity index (χ1) is 9.04. The summed E-state index contributed by atoms with van der Waals surface area (Å²) in [6.45, 7) is 2.71. The molecule has 19 heavy (non-hydrogen) atoms. The summed E-state index contributed by atoms with van der Waals surface area (Å²) in [5, 5.41) is 11.8. The van der Waals surface area contributed by atoms with Gasteiger partial charge in [0.2, 0.25) is 0 Å². The highest BCUT2D eigenvalue weighted by atomic mass is 19.1. The Morgan fingerprint density at radius 2 is 2.32 bits per heavy atom. The lowest BCUT2D eigenvalue weighted by Crippen LogP contribution is -2.38. The molecule has 0 spiro atoms. The number of rotatable bonds is 3. The van der Waals surface area contributed by atoms with Crippen LogP contribution in [0.4, 0.5) is 10.1 Å². The maximum Gasteiger partial charge on any atom is 0.172 e. The Kier molecular flexibility index (Phi) is 3.90. The molecule has 1 aliphatic rings. The van der Waals surface area contributed by atoms with Gasteiger partial charge in [0, 0.05) is 24.9 Å². The van der Waals surface area contributed by atoms with Crippen LogP contribution in [0, 0.1) is 5.82 Å². The molecule has 2 unspecified atom stereocenters. The summed E-state index contributed by atoms with van der Waals surface area (Å²) in [5.41, 5.74) is 6.71. The number of hydrogen-bond acceptors (Lipinski definition) is 4. The molecule has 0 saturated carbocycles. The lowest BCUT2D eigenvalue weighted by atomic mass is 10.1. The molecule has 0 amide bonds. The fourth-order valence-electron chi connectivity index (χ4n) is 2.48. The van der Waals surface area contributed by atoms with Crippen molar-refractivity contribution in [3.05, 3.63) is 29.6 Å². The van der Waals surface area contributed by atoms with Crippen LogP contribution in [0.15, 0.2) is 23.4 Å². The summed E-state index contributed by atoms with van der Waals surface area (Å²) in [5.74, 6) is -0.526. The summed E-state index contributed by atoms with van der Waals surface area (Å²) in [6.07, 6.45) is 0.986. The molecule has 2 rings (SSSR count). The van der Waals surface area contributed by atoms with Crippen LogP contribution in [-0.4, -0.2) is 36.8 Å². The van der Waals surface area contributed by atoms with Crippen LogP contribution in [0.3, 0.4) is 0 Å². The second-order valence-corrected chi connectivity index (χ2v) is 4.69. The van der Waals surface area contributed by atoms with E-state index in [4.69, 9.17) is 15.7 Å². The zero-order valence-electron chi connectivity index (χ0n) is 11.0. The monoisotopic (exact) mass is 267 g/mol. The first-order valence-electron chi connectivity index (χ1n) is 6.16. The topological polar surface area (TPSA) is 71.1 Å². The Balaban J connectivity index is 2.38. The van der Waals surface area contributed by atoms with Gasteiger partial charge in [0.15, 0.2) is 5.84 Å². The second-order valence-electron chi connectivity index (χ2n) is 4.69. The lowest BCUT2D eigenvalue weighted by Gasteiger charge is -2.30. The Morgan fingerprint density at radius 3 is 2.89 bits per heavy atom. The van der Waals surface area contributed by atoms with E-state index in [0.717, 1.165) is 12.1 Å². The largest absolute Gasteiger partial charge is 0.409 e. The molecular formula is C13H18FN3O2. The third-order valence-corrected chi connectivity index (χ3v) is 3.56. The highest BCUT2D eigenvalue weighted by Crippen LogP contribution is 2.27. The van der Waals surface area contributed by atoms with E-state index in [2.05, 4.69) is 5.16 Å². The predicted octanol–water partition coefficient (Wildman–Crippen LogP) is 1.53. The number of amidine groups is 1. The number of nitrogens with two attached hydrogens (primary N) is 1. The molecule has 1 fully saturated rings. The molecule has 0 bridgehead atoms. The fraction of sp³-hybridized carbons (Fsp3) is 0.462. The molecular weight excluding hydrogens is 249 g/mol. The van der Waals surface area contributed by atoms with Crippen LogP contribution in [0.1, 0.15) is 18.9 Å². The molecule has 0 aromatic heterocycles. The predicted molar refractivity (Wildman–Crippen MR) is 71.1 cm³/mol. The molecule has 1 aliphatic heterocycles. The molecule has 5 nitrogen and oxygen atoms in total. The standard InChI is InChI=1S/C13H18FN3O2/c1-8-11(5-6-19-8)17(2)12-4-3-9(14)7-10(12)13(15)16-18/h3-4,7-8,11,18H,5-6H2,1-2H3,(H2,15,16). The summed E-state index contributed by atoms with van der Waals surface area (Å²) in [6, 6.07) is 4.45. The number of anilines is 1. The van der Waals surface area contributed by atoms with E-state index in [1.54, 1.807) is 6.07 Å². The van der Waals surface area contributed by atoms with Crippen molar-refractivity contribution >= 4 is 11.5 Å². The van der Waals surface area contributed by atoms with Crippen molar-refractivity contribution in [1.29, 1.82) is 0 Å². The Morgan fingerprint density at radius 1 is 1.58 bits per heavy atom. The molecule has 1 aromatic rings. The molecule has 0 aliphatic carbocycles. The Hall–Kier alpha value is -1.82. The summed E-state index contributed by atoms with van der Waals surface area (Å²) in [4.78, 5) is 1.99. The smallest absolute Gasteiger partial charge is 0.172 e. The van der Waals surface area contributed by atoms with Crippen LogP contribution in [0.2, 0.25) is 0 Å². The fourth-order valence-corrected chi connectivity index (χ4v) is 2.48. The number of oxime groups is 1. The van der Waals surface area contributed by atoms with Gasteiger partial charge in [0.25, 0.3) is 0 Å². The maximum atomic E-state index is 13.3. The van der Waals surface area contributed by atoms with Crippen LogP contribution in [0.25, 0.3) is 0 Å². The molecule has 104 valence electrons. The number of benzene rings is 1. The van der Waals surface area contributed by atoms with Gasteiger partial charge in [-0.3, -0.25) is 0 Å². The minimum Gasteiger partial charge on any atom is -0.409 e. The number of halogens is 1. The SMILES string of the molecule is CC1OCCC1N(C)c1ccc(F)cc1/C(N)=N/O. The third-order valence-electron chi connectivity index (χ3n) is 3.56. The minimum absolute atomic E-state index is 0.0928. The molecule has 1 saturated heterocycles. The number of ether oxygens (including phenoxy) is 1. The van der Waals surface area contributed by atoms with Crippen molar-refractivity contribution in [2.45, 2.75) is 25.5 Å². The van der Waals surface area contributed by atoms with Crippen LogP contribution in [0.5, 0.6) is 0 Å². The molecule has 1 heterocycles. The Labute approximate surface area is 111 Å². The molecule has 0 radical (unpaired) electrons. The van der Waals surface area contributed by atoms with Crippen molar-refractivity contribution in [2.75, 3.05) is 18.6 Å². The van der Waals surface area contributed by atoms with E-state index in [9.17, 15) is 4.39 Å². The van der Waals surface area contributed by atoms with Gasteiger partial charge in [-0.1, -0.05) is 5.16 Å². The van der Waals surface area contributed by atoms with Crippen LogP contribution in [-0.2, 0) is 4.74 Å². The average molecular weight is 267 g/mol. The van der Waals surface area contributed by atoms with Gasteiger partial charge in [-0.25, -0.2) is 4.39 Å². The summed E-state index contributed by atoms with van der Waals surface area (Å²) < 4.78 is 18.9. The lowest BCUT2D eigenvalue weighted by molar-refractivity contribution is 0.118. The second kappa shape index (κ2) is 5.44. The van der Waals surface area contributed by atoms with Gasteiger partial charge in [-0.2, -0.15) is 0 Å². The van der Waals surface area contributed by atoms with Gasteiger partial charge < -0.3 is 20.6 Å². The van der Waals surface area contributed by atoms with Crippen LogP contribution >= 0.6 is 0 Å². The average Bonchev–Trinajstić information content (AvgIpc) is 2.83.